The second-order valence-electron chi connectivity index (χ2n) is 8.23. The second-order valence-corrected chi connectivity index (χ2v) is 8.67. The number of ether oxygens (including phenoxy) is 1. The molecule has 1 fully saturated rings. The van der Waals surface area contributed by atoms with Gasteiger partial charge in [-0.3, -0.25) is 4.90 Å². The molecular weight excluding hydrogens is 504 g/mol. The Morgan fingerprint density at radius 3 is 2.37 bits per heavy atom. The number of benzene rings is 2. The first-order valence-electron chi connectivity index (χ1n) is 10.9. The van der Waals surface area contributed by atoms with Gasteiger partial charge in [0.05, 0.1) is 24.8 Å². The lowest BCUT2D eigenvalue weighted by Crippen LogP contribution is -2.48. The Bertz CT molecular complexity index is 1100. The summed E-state index contributed by atoms with van der Waals surface area (Å²) in [6, 6.07) is 10.7. The van der Waals surface area contributed by atoms with Crippen LogP contribution in [0.1, 0.15) is 28.6 Å². The van der Waals surface area contributed by atoms with Gasteiger partial charge in [-0.1, -0.05) is 29.8 Å². The number of methoxy groups -OCH3 is 1. The number of aryl methyl sites for hydroxylation is 1. The van der Waals surface area contributed by atoms with Crippen LogP contribution in [0.5, 0.6) is 0 Å². The Morgan fingerprint density at radius 1 is 1.06 bits per heavy atom. The maximum Gasteiger partial charge on any atom is 0.416 e. The van der Waals surface area contributed by atoms with Crippen molar-refractivity contribution in [3.8, 4) is 0 Å². The standard InChI is InChI=1S/C23H26ClF3N6O.ClH/c1-16-3-8-19(24)15-20(16)31-9-11-32(12-10-31)21(22-28-29-30-33(22)13-14-34-2)17-4-6-18(7-5-17)23(25,26)27;/h3-8,15,21H,9-14H2,1-2H3;1H. The zero-order valence-electron chi connectivity index (χ0n) is 19.4. The third-order valence-electron chi connectivity index (χ3n) is 6.06. The summed E-state index contributed by atoms with van der Waals surface area (Å²) in [5.74, 6) is 0.573. The highest BCUT2D eigenvalue weighted by Crippen LogP contribution is 2.34. The van der Waals surface area contributed by atoms with Crippen molar-refractivity contribution in [2.75, 3.05) is 44.8 Å². The molecule has 0 aliphatic carbocycles. The number of hydrogen-bond acceptors (Lipinski definition) is 6. The van der Waals surface area contributed by atoms with E-state index in [0.717, 1.165) is 36.5 Å². The number of anilines is 1. The van der Waals surface area contributed by atoms with E-state index in [9.17, 15) is 13.2 Å². The summed E-state index contributed by atoms with van der Waals surface area (Å²) in [7, 11) is 1.59. The van der Waals surface area contributed by atoms with Crippen LogP contribution in [0.4, 0.5) is 18.9 Å². The van der Waals surface area contributed by atoms with Gasteiger partial charge in [-0.25, -0.2) is 4.68 Å². The molecule has 2 heterocycles. The molecule has 0 amide bonds. The summed E-state index contributed by atoms with van der Waals surface area (Å²) in [5, 5.41) is 12.8. The summed E-state index contributed by atoms with van der Waals surface area (Å²) in [6.07, 6.45) is -4.39. The fourth-order valence-electron chi connectivity index (χ4n) is 4.27. The highest BCUT2D eigenvalue weighted by atomic mass is 35.5. The molecule has 0 radical (unpaired) electrons. The molecular formula is C23H27Cl2F3N6O. The SMILES string of the molecule is COCCn1nnnc1C(c1ccc(C(F)(F)F)cc1)N1CCN(c2cc(Cl)ccc2C)CC1.Cl. The van der Waals surface area contributed by atoms with Gasteiger partial charge in [-0.05, 0) is 52.7 Å². The number of rotatable bonds is 7. The molecule has 4 rings (SSSR count). The first kappa shape index (κ1) is 27.2. The molecule has 1 atom stereocenters. The molecule has 1 saturated heterocycles. The molecule has 1 aliphatic rings. The molecule has 12 heteroatoms. The van der Waals surface area contributed by atoms with Crippen molar-refractivity contribution in [1.82, 2.24) is 25.1 Å². The number of tetrazole rings is 1. The Hall–Kier alpha value is -2.40. The lowest BCUT2D eigenvalue weighted by molar-refractivity contribution is -0.137. The average molecular weight is 531 g/mol. The smallest absolute Gasteiger partial charge is 0.383 e. The molecule has 35 heavy (non-hydrogen) atoms. The van der Waals surface area contributed by atoms with Gasteiger partial charge in [-0.15, -0.1) is 17.5 Å². The summed E-state index contributed by atoms with van der Waals surface area (Å²) >= 11 is 6.21. The van der Waals surface area contributed by atoms with E-state index in [0.29, 0.717) is 42.7 Å². The van der Waals surface area contributed by atoms with E-state index in [2.05, 4.69) is 25.3 Å². The van der Waals surface area contributed by atoms with E-state index < -0.39 is 17.8 Å². The van der Waals surface area contributed by atoms with Crippen molar-refractivity contribution in [2.24, 2.45) is 0 Å². The van der Waals surface area contributed by atoms with Crippen molar-refractivity contribution in [3.63, 3.8) is 0 Å². The molecule has 2 aromatic carbocycles. The Labute approximate surface area is 213 Å². The van der Waals surface area contributed by atoms with Gasteiger partial charge in [-0.2, -0.15) is 13.2 Å². The maximum absolute atomic E-state index is 13.1. The molecule has 0 saturated carbocycles. The molecule has 0 N–H and O–H groups in total. The minimum atomic E-state index is -4.39. The van der Waals surface area contributed by atoms with E-state index in [1.54, 1.807) is 11.8 Å². The van der Waals surface area contributed by atoms with Crippen molar-refractivity contribution in [2.45, 2.75) is 25.7 Å². The van der Waals surface area contributed by atoms with Crippen LogP contribution in [0.15, 0.2) is 42.5 Å². The normalized spacial score (nSPS) is 15.7. The Balaban J connectivity index is 0.00000342. The summed E-state index contributed by atoms with van der Waals surface area (Å²) < 4.78 is 46.2. The van der Waals surface area contributed by atoms with Crippen molar-refractivity contribution >= 4 is 29.7 Å². The highest BCUT2D eigenvalue weighted by Gasteiger charge is 2.33. The van der Waals surface area contributed by atoms with Crippen LogP contribution in [-0.4, -0.2) is 65.0 Å². The number of hydrogen-bond donors (Lipinski definition) is 0. The molecule has 0 bridgehead atoms. The predicted molar refractivity (Wildman–Crippen MR) is 130 cm³/mol. The fraction of sp³-hybridized carbons (Fsp3) is 0.435. The molecule has 0 spiro atoms. The second kappa shape index (κ2) is 11.6. The monoisotopic (exact) mass is 530 g/mol. The maximum atomic E-state index is 13.1. The molecule has 7 nitrogen and oxygen atoms in total. The Morgan fingerprint density at radius 2 is 1.74 bits per heavy atom. The molecule has 3 aromatic rings. The molecule has 1 aromatic heterocycles. The Kier molecular flexibility index (Phi) is 8.98. The number of piperazine rings is 1. The van der Waals surface area contributed by atoms with E-state index >= 15 is 0 Å². The zero-order valence-corrected chi connectivity index (χ0v) is 20.9. The van der Waals surface area contributed by atoms with Crippen LogP contribution in [0, 0.1) is 6.92 Å². The van der Waals surface area contributed by atoms with Crippen LogP contribution in [0.2, 0.25) is 5.02 Å². The van der Waals surface area contributed by atoms with Gasteiger partial charge >= 0.3 is 6.18 Å². The summed E-state index contributed by atoms with van der Waals surface area (Å²) in [6.45, 7) is 5.73. The van der Waals surface area contributed by atoms with Gasteiger partial charge in [0.25, 0.3) is 0 Å². The average Bonchev–Trinajstić information content (AvgIpc) is 3.28. The predicted octanol–water partition coefficient (Wildman–Crippen LogP) is 4.63. The van der Waals surface area contributed by atoms with Crippen molar-refractivity contribution < 1.29 is 17.9 Å². The minimum absolute atomic E-state index is 0. The van der Waals surface area contributed by atoms with E-state index in [-0.39, 0.29) is 12.4 Å². The highest BCUT2D eigenvalue weighted by molar-refractivity contribution is 6.30. The molecule has 1 aliphatic heterocycles. The van der Waals surface area contributed by atoms with Crippen LogP contribution in [0.25, 0.3) is 0 Å². The minimum Gasteiger partial charge on any atom is -0.383 e. The lowest BCUT2D eigenvalue weighted by Gasteiger charge is -2.40. The van der Waals surface area contributed by atoms with Crippen LogP contribution in [-0.2, 0) is 17.5 Å². The quantitative estimate of drug-likeness (QED) is 0.443. The lowest BCUT2D eigenvalue weighted by atomic mass is 10.0. The van der Waals surface area contributed by atoms with Crippen molar-refractivity contribution in [3.05, 3.63) is 70.0 Å². The van der Waals surface area contributed by atoms with E-state index in [1.165, 1.54) is 12.1 Å². The largest absolute Gasteiger partial charge is 0.416 e. The topological polar surface area (TPSA) is 59.3 Å². The first-order valence-corrected chi connectivity index (χ1v) is 11.3. The number of halogens is 5. The molecule has 190 valence electrons. The van der Waals surface area contributed by atoms with E-state index in [4.69, 9.17) is 16.3 Å². The van der Waals surface area contributed by atoms with Gasteiger partial charge < -0.3 is 9.64 Å². The summed E-state index contributed by atoms with van der Waals surface area (Å²) in [4.78, 5) is 4.48. The third kappa shape index (κ3) is 6.24. The van der Waals surface area contributed by atoms with Crippen LogP contribution in [0.3, 0.4) is 0 Å². The van der Waals surface area contributed by atoms with Crippen LogP contribution < -0.4 is 4.90 Å². The van der Waals surface area contributed by atoms with Gasteiger partial charge in [0.1, 0.15) is 0 Å². The third-order valence-corrected chi connectivity index (χ3v) is 6.29. The zero-order chi connectivity index (χ0) is 24.3. The van der Waals surface area contributed by atoms with Crippen molar-refractivity contribution in [1.29, 1.82) is 0 Å². The molecule has 1 unspecified atom stereocenters. The number of aromatic nitrogens is 4. The number of alkyl halides is 3. The van der Waals surface area contributed by atoms with Gasteiger partial charge in [0.15, 0.2) is 5.82 Å². The van der Waals surface area contributed by atoms with Gasteiger partial charge in [0.2, 0.25) is 0 Å². The number of nitrogens with zero attached hydrogens (tertiary/aromatic N) is 6. The van der Waals surface area contributed by atoms with Crippen LogP contribution >= 0.6 is 24.0 Å². The summed E-state index contributed by atoms with van der Waals surface area (Å²) in [5.41, 5.74) is 2.24. The first-order chi connectivity index (χ1) is 16.3. The fourth-order valence-corrected chi connectivity index (χ4v) is 4.43. The van der Waals surface area contributed by atoms with Gasteiger partial charge in [0, 0.05) is 44.0 Å². The van der Waals surface area contributed by atoms with E-state index in [1.807, 2.05) is 25.1 Å².